The van der Waals surface area contributed by atoms with Gasteiger partial charge in [-0.05, 0) is 6.07 Å². The summed E-state index contributed by atoms with van der Waals surface area (Å²) < 4.78 is 1.87. The monoisotopic (exact) mass is 298 g/mol. The van der Waals surface area contributed by atoms with Crippen LogP contribution < -0.4 is 4.90 Å². The number of nitrogens with zero attached hydrogens (tertiary/aromatic N) is 7. The molecule has 0 aromatic carbocycles. The van der Waals surface area contributed by atoms with Crippen LogP contribution in [0.3, 0.4) is 0 Å². The summed E-state index contributed by atoms with van der Waals surface area (Å²) in [7, 11) is 0. The Balaban J connectivity index is 1.38. The normalized spacial score (nSPS) is 16.5. The molecule has 8 heteroatoms. The number of fused-ring (bicyclic) bond motifs is 1. The fraction of sp³-hybridized carbons (Fsp3) is 0.429. The molecule has 0 radical (unpaired) electrons. The Kier molecular flexibility index (Phi) is 3.43. The number of H-pyrrole nitrogens is 1. The summed E-state index contributed by atoms with van der Waals surface area (Å²) in [4.78, 5) is 20.7. The molecule has 0 aliphatic carbocycles. The molecule has 1 aliphatic rings. The summed E-state index contributed by atoms with van der Waals surface area (Å²) in [6.07, 6.45) is 6.90. The molecule has 0 bridgehead atoms. The highest BCUT2D eigenvalue weighted by molar-refractivity contribution is 5.85. The summed E-state index contributed by atoms with van der Waals surface area (Å²) in [5.74, 6) is 1.01. The molecule has 4 rings (SSSR count). The van der Waals surface area contributed by atoms with Crippen molar-refractivity contribution in [2.24, 2.45) is 0 Å². The number of hydrogen-bond acceptors (Lipinski definition) is 6. The lowest BCUT2D eigenvalue weighted by Gasteiger charge is -2.35. The van der Waals surface area contributed by atoms with Crippen LogP contribution in [-0.2, 0) is 6.54 Å². The van der Waals surface area contributed by atoms with Gasteiger partial charge in [-0.15, -0.1) is 0 Å². The summed E-state index contributed by atoms with van der Waals surface area (Å²) in [5.41, 5.74) is 2.00. The molecule has 1 saturated heterocycles. The molecule has 8 nitrogen and oxygen atoms in total. The van der Waals surface area contributed by atoms with E-state index in [1.54, 1.807) is 19.0 Å². The van der Waals surface area contributed by atoms with Gasteiger partial charge in [0.1, 0.15) is 24.5 Å². The summed E-state index contributed by atoms with van der Waals surface area (Å²) >= 11 is 0. The Morgan fingerprint density at radius 3 is 2.77 bits per heavy atom. The van der Waals surface area contributed by atoms with Crippen molar-refractivity contribution in [3.63, 3.8) is 0 Å². The number of rotatable bonds is 4. The van der Waals surface area contributed by atoms with E-state index in [2.05, 4.69) is 34.8 Å². The SMILES string of the molecule is c1nc(N2CCN(CCn3cncn3)CC2)c2[nH]ccc2n1. The van der Waals surface area contributed by atoms with E-state index in [0.29, 0.717) is 0 Å². The third kappa shape index (κ3) is 2.52. The molecule has 3 aromatic rings. The van der Waals surface area contributed by atoms with Gasteiger partial charge in [0.25, 0.3) is 0 Å². The van der Waals surface area contributed by atoms with Crippen LogP contribution in [0.15, 0.2) is 31.2 Å². The maximum Gasteiger partial charge on any atom is 0.156 e. The van der Waals surface area contributed by atoms with Crippen molar-refractivity contribution in [3.8, 4) is 0 Å². The van der Waals surface area contributed by atoms with Crippen molar-refractivity contribution in [1.29, 1.82) is 0 Å². The van der Waals surface area contributed by atoms with Gasteiger partial charge in [0, 0.05) is 38.9 Å². The number of aromatic nitrogens is 6. The highest BCUT2D eigenvalue weighted by Crippen LogP contribution is 2.22. The van der Waals surface area contributed by atoms with Gasteiger partial charge in [0.2, 0.25) is 0 Å². The Hall–Kier alpha value is -2.48. The van der Waals surface area contributed by atoms with Gasteiger partial charge in [0.05, 0.1) is 12.1 Å². The molecule has 1 fully saturated rings. The van der Waals surface area contributed by atoms with Crippen LogP contribution in [0.5, 0.6) is 0 Å². The molecular weight excluding hydrogens is 280 g/mol. The quantitative estimate of drug-likeness (QED) is 0.750. The van der Waals surface area contributed by atoms with Gasteiger partial charge < -0.3 is 9.88 Å². The standard InChI is InChI=1S/C14H18N8/c1-2-16-13-12(1)17-10-18-14(13)21-6-3-20(4-7-21)5-8-22-11-15-9-19-22/h1-2,9-11,16H,3-8H2. The molecule has 0 unspecified atom stereocenters. The maximum atomic E-state index is 4.46. The molecule has 114 valence electrons. The topological polar surface area (TPSA) is 78.8 Å². The molecular formula is C14H18N8. The predicted molar refractivity (Wildman–Crippen MR) is 82.6 cm³/mol. The molecule has 1 N–H and O–H groups in total. The molecule has 0 atom stereocenters. The first-order valence-electron chi connectivity index (χ1n) is 7.48. The van der Waals surface area contributed by atoms with Crippen LogP contribution in [0.2, 0.25) is 0 Å². The van der Waals surface area contributed by atoms with E-state index in [1.165, 1.54) is 0 Å². The molecule has 0 saturated carbocycles. The Labute approximate surface area is 127 Å². The lowest BCUT2D eigenvalue weighted by molar-refractivity contribution is 0.244. The molecule has 0 amide bonds. The minimum Gasteiger partial charge on any atom is -0.357 e. The smallest absolute Gasteiger partial charge is 0.156 e. The summed E-state index contributed by atoms with van der Waals surface area (Å²) in [6, 6.07) is 1.98. The first kappa shape index (κ1) is 13.2. The van der Waals surface area contributed by atoms with Crippen LogP contribution >= 0.6 is 0 Å². The van der Waals surface area contributed by atoms with Crippen LogP contribution in [0.4, 0.5) is 5.82 Å². The molecule has 0 spiro atoms. The van der Waals surface area contributed by atoms with Crippen LogP contribution in [0, 0.1) is 0 Å². The lowest BCUT2D eigenvalue weighted by atomic mass is 10.3. The van der Waals surface area contributed by atoms with E-state index in [-0.39, 0.29) is 0 Å². The van der Waals surface area contributed by atoms with Crippen molar-refractivity contribution in [3.05, 3.63) is 31.2 Å². The highest BCUT2D eigenvalue weighted by Gasteiger charge is 2.20. The minimum atomic E-state index is 0.883. The second-order valence-corrected chi connectivity index (χ2v) is 5.42. The Bertz CT molecular complexity index is 726. The zero-order valence-electron chi connectivity index (χ0n) is 12.3. The molecule has 3 aromatic heterocycles. The number of aromatic amines is 1. The Morgan fingerprint density at radius 1 is 1.05 bits per heavy atom. The first-order chi connectivity index (χ1) is 10.9. The van der Waals surface area contributed by atoms with Gasteiger partial charge in [-0.2, -0.15) is 5.10 Å². The van der Waals surface area contributed by atoms with Gasteiger partial charge in [-0.1, -0.05) is 0 Å². The molecule has 1 aliphatic heterocycles. The summed E-state index contributed by atoms with van der Waals surface area (Å²) in [5, 5.41) is 4.14. The second-order valence-electron chi connectivity index (χ2n) is 5.42. The Morgan fingerprint density at radius 2 is 1.95 bits per heavy atom. The average molecular weight is 298 g/mol. The zero-order valence-corrected chi connectivity index (χ0v) is 12.3. The van der Waals surface area contributed by atoms with Crippen molar-refractivity contribution >= 4 is 16.9 Å². The van der Waals surface area contributed by atoms with E-state index in [4.69, 9.17) is 0 Å². The number of piperazine rings is 1. The van der Waals surface area contributed by atoms with Crippen molar-refractivity contribution < 1.29 is 0 Å². The van der Waals surface area contributed by atoms with E-state index in [0.717, 1.165) is 56.1 Å². The van der Waals surface area contributed by atoms with E-state index in [9.17, 15) is 0 Å². The van der Waals surface area contributed by atoms with Crippen LogP contribution in [-0.4, -0.2) is 67.3 Å². The van der Waals surface area contributed by atoms with Gasteiger partial charge in [0.15, 0.2) is 5.82 Å². The number of nitrogens with one attached hydrogen (secondary N) is 1. The van der Waals surface area contributed by atoms with E-state index in [1.807, 2.05) is 16.9 Å². The second kappa shape index (κ2) is 5.72. The van der Waals surface area contributed by atoms with Crippen molar-refractivity contribution in [2.45, 2.75) is 6.54 Å². The highest BCUT2D eigenvalue weighted by atomic mass is 15.3. The van der Waals surface area contributed by atoms with Crippen molar-refractivity contribution in [1.82, 2.24) is 34.6 Å². The largest absolute Gasteiger partial charge is 0.357 e. The fourth-order valence-electron chi connectivity index (χ4n) is 2.87. The van der Waals surface area contributed by atoms with E-state index >= 15 is 0 Å². The minimum absolute atomic E-state index is 0.883. The lowest BCUT2D eigenvalue weighted by Crippen LogP contribution is -2.47. The predicted octanol–water partition coefficient (Wildman–Crippen LogP) is 0.372. The van der Waals surface area contributed by atoms with Gasteiger partial charge in [-0.25, -0.2) is 15.0 Å². The number of hydrogen-bond donors (Lipinski definition) is 1. The van der Waals surface area contributed by atoms with Crippen LogP contribution in [0.25, 0.3) is 11.0 Å². The van der Waals surface area contributed by atoms with Gasteiger partial charge >= 0.3 is 0 Å². The average Bonchev–Trinajstić information content (AvgIpc) is 3.24. The molecule has 4 heterocycles. The van der Waals surface area contributed by atoms with E-state index < -0.39 is 0 Å². The summed E-state index contributed by atoms with van der Waals surface area (Å²) in [6.45, 7) is 5.89. The number of anilines is 1. The fourth-order valence-corrected chi connectivity index (χ4v) is 2.87. The van der Waals surface area contributed by atoms with Crippen LogP contribution in [0.1, 0.15) is 0 Å². The zero-order chi connectivity index (χ0) is 14.8. The maximum absolute atomic E-state index is 4.46. The third-order valence-electron chi connectivity index (χ3n) is 4.11. The van der Waals surface area contributed by atoms with Gasteiger partial charge in [-0.3, -0.25) is 9.58 Å². The third-order valence-corrected chi connectivity index (χ3v) is 4.11. The first-order valence-corrected chi connectivity index (χ1v) is 7.48. The van der Waals surface area contributed by atoms with Crippen molar-refractivity contribution in [2.75, 3.05) is 37.6 Å². The molecule has 22 heavy (non-hydrogen) atoms.